The van der Waals surface area contributed by atoms with Crippen LogP contribution in [0.2, 0.25) is 0 Å². The Hall–Kier alpha value is -2.18. The van der Waals surface area contributed by atoms with Gasteiger partial charge in [0, 0.05) is 18.6 Å². The lowest BCUT2D eigenvalue weighted by molar-refractivity contribution is 1.20. The first-order valence-electron chi connectivity index (χ1n) is 7.13. The van der Waals surface area contributed by atoms with Gasteiger partial charge in [-0.25, -0.2) is 9.98 Å². The molecule has 1 unspecified atom stereocenters. The van der Waals surface area contributed by atoms with E-state index < -0.39 is 0 Å². The molecule has 0 radical (unpaired) electrons. The largest absolute Gasteiger partial charge is 0.387 e. The van der Waals surface area contributed by atoms with Crippen LogP contribution in [0.3, 0.4) is 0 Å². The van der Waals surface area contributed by atoms with Crippen LogP contribution < -0.4 is 11.1 Å². The molecule has 0 amide bonds. The summed E-state index contributed by atoms with van der Waals surface area (Å²) in [7, 11) is 0. The van der Waals surface area contributed by atoms with Gasteiger partial charge >= 0.3 is 0 Å². The molecule has 0 bridgehead atoms. The molecule has 0 saturated carbocycles. The lowest BCUT2D eigenvalue weighted by Crippen LogP contribution is -2.17. The first-order chi connectivity index (χ1) is 11.1. The molecule has 1 aliphatic rings. The number of aromatic nitrogens is 1. The van der Waals surface area contributed by atoms with E-state index in [0.717, 1.165) is 16.3 Å². The maximum Gasteiger partial charge on any atom is 0.213 e. The summed E-state index contributed by atoms with van der Waals surface area (Å²) < 4.78 is 0. The van der Waals surface area contributed by atoms with E-state index in [-0.39, 0.29) is 5.50 Å². The third-order valence-corrected chi connectivity index (χ3v) is 4.38. The number of rotatable bonds is 5. The normalized spacial score (nSPS) is 16.7. The second kappa shape index (κ2) is 6.93. The molecule has 2 aromatic rings. The molecule has 2 heterocycles. The van der Waals surface area contributed by atoms with E-state index in [4.69, 9.17) is 22.7 Å². The molecule has 4 N–H and O–H groups in total. The lowest BCUT2D eigenvalue weighted by Gasteiger charge is -2.11. The molecule has 1 aromatic carbocycles. The minimum atomic E-state index is -0.226. The fourth-order valence-electron chi connectivity index (χ4n) is 2.22. The Labute approximate surface area is 143 Å². The molecule has 118 valence electrons. The molecule has 0 aliphatic carbocycles. The highest BCUT2D eigenvalue weighted by molar-refractivity contribution is 7.19. The van der Waals surface area contributed by atoms with Gasteiger partial charge in [0.25, 0.3) is 0 Å². The molecular formula is C16H16ClN5S. The molecular weight excluding hydrogens is 330 g/mol. The van der Waals surface area contributed by atoms with Crippen molar-refractivity contribution in [1.29, 1.82) is 5.41 Å². The molecule has 5 nitrogen and oxygen atoms in total. The summed E-state index contributed by atoms with van der Waals surface area (Å²) in [4.78, 5) is 8.70. The van der Waals surface area contributed by atoms with Crippen LogP contribution in [-0.2, 0) is 6.42 Å². The fourth-order valence-corrected chi connectivity index (χ4v) is 3.36. The van der Waals surface area contributed by atoms with Crippen LogP contribution >= 0.6 is 22.9 Å². The van der Waals surface area contributed by atoms with E-state index in [1.165, 1.54) is 11.3 Å². The van der Waals surface area contributed by atoms with Crippen molar-refractivity contribution in [1.82, 2.24) is 4.98 Å². The molecule has 1 aromatic heterocycles. The van der Waals surface area contributed by atoms with Gasteiger partial charge in [-0.2, -0.15) is 0 Å². The predicted molar refractivity (Wildman–Crippen MR) is 98.2 cm³/mol. The van der Waals surface area contributed by atoms with Gasteiger partial charge in [-0.15, -0.1) is 0 Å². The number of nitrogens with one attached hydrogen (secondary N) is 2. The Balaban J connectivity index is 1.64. The minimum Gasteiger partial charge on any atom is -0.387 e. The Bertz CT molecular complexity index is 766. The summed E-state index contributed by atoms with van der Waals surface area (Å²) in [5.74, 6) is 0.392. The first kappa shape index (κ1) is 15.7. The smallest absolute Gasteiger partial charge is 0.213 e. The second-order valence-corrected chi connectivity index (χ2v) is 6.61. The SMILES string of the molecule is N=C(CC(N)=Nc1nc2c(s1)NC(Cl)C=C2)Cc1ccccc1. The average Bonchev–Trinajstić information content (AvgIpc) is 2.89. The van der Waals surface area contributed by atoms with E-state index in [1.54, 1.807) is 0 Å². The van der Waals surface area contributed by atoms with Crippen molar-refractivity contribution in [2.24, 2.45) is 10.7 Å². The van der Waals surface area contributed by atoms with Crippen molar-refractivity contribution in [2.75, 3.05) is 5.32 Å². The molecule has 3 rings (SSSR count). The summed E-state index contributed by atoms with van der Waals surface area (Å²) >= 11 is 7.40. The van der Waals surface area contributed by atoms with Crippen LogP contribution in [0.5, 0.6) is 0 Å². The molecule has 0 saturated heterocycles. The van der Waals surface area contributed by atoms with Gasteiger partial charge in [-0.1, -0.05) is 53.3 Å². The summed E-state index contributed by atoms with van der Waals surface area (Å²) in [6.07, 6.45) is 4.60. The van der Waals surface area contributed by atoms with Crippen molar-refractivity contribution >= 4 is 50.7 Å². The van der Waals surface area contributed by atoms with E-state index >= 15 is 0 Å². The number of hydrogen-bond donors (Lipinski definition) is 3. The number of nitrogens with two attached hydrogens (primary N) is 1. The summed E-state index contributed by atoms with van der Waals surface area (Å²) in [5, 5.41) is 12.6. The van der Waals surface area contributed by atoms with Gasteiger partial charge < -0.3 is 16.5 Å². The van der Waals surface area contributed by atoms with E-state index in [2.05, 4.69) is 15.3 Å². The third kappa shape index (κ3) is 4.18. The van der Waals surface area contributed by atoms with Crippen molar-refractivity contribution in [3.63, 3.8) is 0 Å². The zero-order valence-electron chi connectivity index (χ0n) is 12.3. The van der Waals surface area contributed by atoms with Gasteiger partial charge in [-0.05, 0) is 17.7 Å². The molecule has 0 fully saturated rings. The van der Waals surface area contributed by atoms with Crippen LogP contribution in [0.25, 0.3) is 6.08 Å². The van der Waals surface area contributed by atoms with Crippen molar-refractivity contribution < 1.29 is 0 Å². The number of halogens is 1. The number of hydrogen-bond acceptors (Lipinski definition) is 5. The highest BCUT2D eigenvalue weighted by atomic mass is 35.5. The number of fused-ring (bicyclic) bond motifs is 1. The van der Waals surface area contributed by atoms with E-state index in [1.807, 2.05) is 42.5 Å². The standard InChI is InChI=1S/C16H16ClN5S/c17-13-7-6-12-15(21-13)23-16(20-12)22-14(19)9-11(18)8-10-4-2-1-3-5-10/h1-7,13,18,21H,8-9H2,(H2,19,20,22). The third-order valence-electron chi connectivity index (χ3n) is 3.23. The minimum absolute atomic E-state index is 0.226. The molecule has 7 heteroatoms. The maximum atomic E-state index is 8.06. The Morgan fingerprint density at radius 1 is 1.39 bits per heavy atom. The van der Waals surface area contributed by atoms with E-state index in [0.29, 0.717) is 29.5 Å². The van der Waals surface area contributed by atoms with E-state index in [9.17, 15) is 0 Å². The molecule has 1 atom stereocenters. The Morgan fingerprint density at radius 2 is 2.17 bits per heavy atom. The number of nitrogens with zero attached hydrogens (tertiary/aromatic N) is 2. The summed E-state index contributed by atoms with van der Waals surface area (Å²) in [5.41, 5.74) is 8.17. The number of aliphatic imine (C=N–C) groups is 1. The maximum absolute atomic E-state index is 8.06. The molecule has 0 spiro atoms. The van der Waals surface area contributed by atoms with Gasteiger partial charge in [0.1, 0.15) is 16.3 Å². The summed E-state index contributed by atoms with van der Waals surface area (Å²) in [6, 6.07) is 9.88. The zero-order chi connectivity index (χ0) is 16.2. The van der Waals surface area contributed by atoms with Crippen molar-refractivity contribution in [2.45, 2.75) is 18.3 Å². The second-order valence-electron chi connectivity index (χ2n) is 5.16. The van der Waals surface area contributed by atoms with Gasteiger partial charge in [0.15, 0.2) is 0 Å². The number of amidine groups is 1. The Kier molecular flexibility index (Phi) is 4.73. The Morgan fingerprint density at radius 3 is 2.96 bits per heavy atom. The van der Waals surface area contributed by atoms with Gasteiger partial charge in [0.05, 0.1) is 5.69 Å². The number of alkyl halides is 1. The van der Waals surface area contributed by atoms with Crippen LogP contribution in [0, 0.1) is 5.41 Å². The number of anilines is 1. The zero-order valence-corrected chi connectivity index (χ0v) is 13.9. The van der Waals surface area contributed by atoms with Gasteiger partial charge in [-0.3, -0.25) is 0 Å². The van der Waals surface area contributed by atoms with Gasteiger partial charge in [0.2, 0.25) is 5.13 Å². The van der Waals surface area contributed by atoms with Crippen molar-refractivity contribution in [3.8, 4) is 0 Å². The highest BCUT2D eigenvalue weighted by Gasteiger charge is 2.15. The van der Waals surface area contributed by atoms with Crippen LogP contribution in [-0.4, -0.2) is 22.0 Å². The fraction of sp³-hybridized carbons (Fsp3) is 0.188. The van der Waals surface area contributed by atoms with Crippen LogP contribution in [0.4, 0.5) is 10.1 Å². The first-order valence-corrected chi connectivity index (χ1v) is 8.38. The number of benzene rings is 1. The number of thiazole rings is 1. The quantitative estimate of drug-likeness (QED) is 0.333. The predicted octanol–water partition coefficient (Wildman–Crippen LogP) is 3.79. The molecule has 23 heavy (non-hydrogen) atoms. The van der Waals surface area contributed by atoms with Crippen LogP contribution in [0.15, 0.2) is 41.4 Å². The molecule has 1 aliphatic heterocycles. The average molecular weight is 346 g/mol. The van der Waals surface area contributed by atoms with Crippen LogP contribution in [0.1, 0.15) is 17.7 Å². The topological polar surface area (TPSA) is 87.2 Å². The lowest BCUT2D eigenvalue weighted by atomic mass is 10.1. The monoisotopic (exact) mass is 345 g/mol. The van der Waals surface area contributed by atoms with Crippen molar-refractivity contribution in [3.05, 3.63) is 47.7 Å². The highest BCUT2D eigenvalue weighted by Crippen LogP contribution is 2.34. The summed E-state index contributed by atoms with van der Waals surface area (Å²) in [6.45, 7) is 0.